The molecular weight excluding hydrogens is 366 g/mol. The summed E-state index contributed by atoms with van der Waals surface area (Å²) in [4.78, 5) is 19.2. The third kappa shape index (κ3) is 3.95. The van der Waals surface area contributed by atoms with Crippen molar-refractivity contribution in [2.24, 2.45) is 5.73 Å². The number of fused-ring (bicyclic) bond motifs is 1. The van der Waals surface area contributed by atoms with Gasteiger partial charge in [0.05, 0.1) is 5.52 Å². The fourth-order valence-corrected chi connectivity index (χ4v) is 3.65. The number of ether oxygens (including phenoxy) is 1. The van der Waals surface area contributed by atoms with Crippen LogP contribution in [-0.4, -0.2) is 46.8 Å². The highest BCUT2D eigenvalue weighted by Gasteiger charge is 2.19. The summed E-state index contributed by atoms with van der Waals surface area (Å²) < 4.78 is 6.28. The molecule has 1 aliphatic rings. The molecule has 2 aromatic carbocycles. The second-order valence-corrected chi connectivity index (χ2v) is 7.35. The van der Waals surface area contributed by atoms with E-state index in [0.717, 1.165) is 46.8 Å². The largest absolute Gasteiger partial charge is 0.455 e. The number of likely N-dealkylation sites (tertiary alicyclic amines) is 1. The van der Waals surface area contributed by atoms with Crippen LogP contribution in [0.4, 0.5) is 0 Å². The van der Waals surface area contributed by atoms with Gasteiger partial charge in [0, 0.05) is 24.5 Å². The number of guanidine groups is 1. The van der Waals surface area contributed by atoms with E-state index >= 15 is 0 Å². The zero-order chi connectivity index (χ0) is 20.4. The van der Waals surface area contributed by atoms with E-state index in [1.165, 1.54) is 19.9 Å². The van der Waals surface area contributed by atoms with Gasteiger partial charge in [0.2, 0.25) is 0 Å². The molecule has 29 heavy (non-hydrogen) atoms. The minimum Gasteiger partial charge on any atom is -0.455 e. The number of amides is 1. The lowest BCUT2D eigenvalue weighted by molar-refractivity contribution is 0.0864. The van der Waals surface area contributed by atoms with E-state index in [2.05, 4.69) is 16.0 Å². The third-order valence-corrected chi connectivity index (χ3v) is 5.30. The Morgan fingerprint density at radius 3 is 2.66 bits per heavy atom. The van der Waals surface area contributed by atoms with Crippen molar-refractivity contribution in [2.75, 3.05) is 20.1 Å². The highest BCUT2D eigenvalue weighted by atomic mass is 16.5. The van der Waals surface area contributed by atoms with Crippen LogP contribution in [0.2, 0.25) is 0 Å². The van der Waals surface area contributed by atoms with Gasteiger partial charge >= 0.3 is 0 Å². The normalized spacial score (nSPS) is 14.2. The summed E-state index contributed by atoms with van der Waals surface area (Å²) in [6.45, 7) is 3.11. The Kier molecular flexibility index (Phi) is 5.22. The Bertz CT molecular complexity index is 1050. The number of aromatic amines is 1. The van der Waals surface area contributed by atoms with Gasteiger partial charge in [-0.3, -0.25) is 20.0 Å². The van der Waals surface area contributed by atoms with E-state index < -0.39 is 0 Å². The highest BCUT2D eigenvalue weighted by Crippen LogP contribution is 2.32. The monoisotopic (exact) mass is 391 g/mol. The molecule has 150 valence electrons. The maximum atomic E-state index is 12.5. The molecule has 0 aliphatic carbocycles. The molecule has 0 spiro atoms. The van der Waals surface area contributed by atoms with Gasteiger partial charge in [0.1, 0.15) is 11.4 Å². The number of carbonyl (C=O) groups is 1. The lowest BCUT2D eigenvalue weighted by Crippen LogP contribution is -2.38. The number of aromatic nitrogens is 1. The average Bonchev–Trinajstić information content (AvgIpc) is 3.38. The maximum Gasteiger partial charge on any atom is 0.276 e. The molecule has 0 unspecified atom stereocenters. The summed E-state index contributed by atoms with van der Waals surface area (Å²) in [5, 5.41) is 8.32. The molecule has 4 N–H and O–H groups in total. The Morgan fingerprint density at radius 2 is 1.90 bits per heavy atom. The first-order chi connectivity index (χ1) is 14.0. The molecule has 1 fully saturated rings. The summed E-state index contributed by atoms with van der Waals surface area (Å²) in [7, 11) is 1.47. The topological polar surface area (TPSA) is 98.4 Å². The van der Waals surface area contributed by atoms with E-state index in [1.807, 2.05) is 36.4 Å². The minimum absolute atomic E-state index is 0.305. The molecule has 7 heteroatoms. The van der Waals surface area contributed by atoms with Crippen LogP contribution in [-0.2, 0) is 6.54 Å². The van der Waals surface area contributed by atoms with Crippen molar-refractivity contribution in [1.29, 1.82) is 5.41 Å². The second kappa shape index (κ2) is 7.97. The predicted octanol–water partition coefficient (Wildman–Crippen LogP) is 3.52. The maximum absolute atomic E-state index is 12.5. The number of nitrogens with two attached hydrogens (primary N) is 1. The van der Waals surface area contributed by atoms with Crippen molar-refractivity contribution in [2.45, 2.75) is 19.4 Å². The molecule has 1 amide bonds. The summed E-state index contributed by atoms with van der Waals surface area (Å²) in [6, 6.07) is 15.5. The van der Waals surface area contributed by atoms with Crippen LogP contribution in [0.15, 0.2) is 48.5 Å². The number of H-pyrrole nitrogens is 1. The zero-order valence-electron chi connectivity index (χ0n) is 16.4. The summed E-state index contributed by atoms with van der Waals surface area (Å²) >= 11 is 0. The summed E-state index contributed by atoms with van der Waals surface area (Å²) in [5.74, 6) is 0.797. The van der Waals surface area contributed by atoms with Crippen molar-refractivity contribution < 1.29 is 9.53 Å². The van der Waals surface area contributed by atoms with E-state index in [-0.39, 0.29) is 11.9 Å². The van der Waals surface area contributed by atoms with Crippen LogP contribution in [0.1, 0.15) is 28.9 Å². The minimum atomic E-state index is -0.367. The lowest BCUT2D eigenvalue weighted by Gasteiger charge is -2.17. The van der Waals surface area contributed by atoms with E-state index in [4.69, 9.17) is 15.9 Å². The molecule has 0 bridgehead atoms. The Hall–Kier alpha value is -3.32. The molecule has 1 saturated heterocycles. The highest BCUT2D eigenvalue weighted by molar-refractivity contribution is 6.06. The Morgan fingerprint density at radius 1 is 1.17 bits per heavy atom. The smallest absolute Gasteiger partial charge is 0.276 e. The number of benzene rings is 2. The van der Waals surface area contributed by atoms with E-state index in [0.29, 0.717) is 11.4 Å². The first-order valence-corrected chi connectivity index (χ1v) is 9.75. The van der Waals surface area contributed by atoms with Crippen molar-refractivity contribution in [1.82, 2.24) is 14.8 Å². The van der Waals surface area contributed by atoms with Crippen molar-refractivity contribution in [3.8, 4) is 11.5 Å². The Balaban J connectivity index is 1.64. The van der Waals surface area contributed by atoms with E-state index in [9.17, 15) is 4.79 Å². The quantitative estimate of drug-likeness (QED) is 0.458. The van der Waals surface area contributed by atoms with Gasteiger partial charge in [-0.2, -0.15) is 0 Å². The molecule has 1 aromatic heterocycles. The molecule has 2 heterocycles. The van der Waals surface area contributed by atoms with Crippen molar-refractivity contribution >= 4 is 22.8 Å². The van der Waals surface area contributed by atoms with Crippen LogP contribution in [0.3, 0.4) is 0 Å². The molecule has 3 aromatic rings. The summed E-state index contributed by atoms with van der Waals surface area (Å²) in [5.41, 5.74) is 7.67. The standard InChI is InChI=1S/C22H25N5O2/c1-26(22(23)24)21(28)17-13-15-8-6-10-19(20(15)25-17)29-18-9-3-2-7-16(18)14-27-11-4-5-12-27/h2-3,6-10,13,25H,4-5,11-12,14H2,1H3,(H3,23,24). The SMILES string of the molecule is CN(C(=N)N)C(=O)c1cc2cccc(Oc3ccccc3CN3CCCC3)c2[nH]1. The first-order valence-electron chi connectivity index (χ1n) is 9.75. The van der Waals surface area contributed by atoms with Crippen LogP contribution in [0.5, 0.6) is 11.5 Å². The van der Waals surface area contributed by atoms with Crippen LogP contribution < -0.4 is 10.5 Å². The van der Waals surface area contributed by atoms with Crippen molar-refractivity contribution in [3.63, 3.8) is 0 Å². The molecule has 0 saturated carbocycles. The van der Waals surface area contributed by atoms with Gasteiger partial charge in [-0.1, -0.05) is 30.3 Å². The molecule has 7 nitrogen and oxygen atoms in total. The fraction of sp³-hybridized carbons (Fsp3) is 0.273. The van der Waals surface area contributed by atoms with Crippen LogP contribution >= 0.6 is 0 Å². The van der Waals surface area contributed by atoms with Crippen molar-refractivity contribution in [3.05, 3.63) is 59.8 Å². The van der Waals surface area contributed by atoms with Gasteiger partial charge in [-0.05, 0) is 44.1 Å². The fourth-order valence-electron chi connectivity index (χ4n) is 3.65. The van der Waals surface area contributed by atoms with Gasteiger partial charge in [0.15, 0.2) is 11.7 Å². The number of para-hydroxylation sites is 2. The number of nitrogens with zero attached hydrogens (tertiary/aromatic N) is 2. The molecular formula is C22H25N5O2. The molecule has 0 atom stereocenters. The summed E-state index contributed by atoms with van der Waals surface area (Å²) in [6.07, 6.45) is 2.49. The van der Waals surface area contributed by atoms with Gasteiger partial charge in [-0.25, -0.2) is 0 Å². The number of nitrogens with one attached hydrogen (secondary N) is 2. The number of hydrogen-bond acceptors (Lipinski definition) is 4. The second-order valence-electron chi connectivity index (χ2n) is 7.35. The molecule has 1 aliphatic heterocycles. The zero-order valence-corrected chi connectivity index (χ0v) is 16.4. The van der Waals surface area contributed by atoms with Gasteiger partial charge in [0.25, 0.3) is 5.91 Å². The van der Waals surface area contributed by atoms with Crippen LogP contribution in [0, 0.1) is 5.41 Å². The first kappa shape index (κ1) is 19.0. The van der Waals surface area contributed by atoms with Crippen LogP contribution in [0.25, 0.3) is 10.9 Å². The predicted molar refractivity (Wildman–Crippen MR) is 113 cm³/mol. The average molecular weight is 391 g/mol. The van der Waals surface area contributed by atoms with Gasteiger partial charge < -0.3 is 15.5 Å². The molecule has 0 radical (unpaired) electrons. The van der Waals surface area contributed by atoms with E-state index in [1.54, 1.807) is 6.07 Å². The third-order valence-electron chi connectivity index (χ3n) is 5.30. The van der Waals surface area contributed by atoms with Gasteiger partial charge in [-0.15, -0.1) is 0 Å². The number of hydrogen-bond donors (Lipinski definition) is 3. The number of rotatable bonds is 5. The number of carbonyl (C=O) groups excluding carboxylic acids is 1. The molecule has 4 rings (SSSR count). The lowest BCUT2D eigenvalue weighted by atomic mass is 10.2. The Labute approximate surface area is 169 Å².